The van der Waals surface area contributed by atoms with E-state index in [1.165, 1.54) is 11.1 Å². The van der Waals surface area contributed by atoms with Crippen molar-refractivity contribution in [1.29, 1.82) is 0 Å². The minimum atomic E-state index is 0.209. The highest BCUT2D eigenvalue weighted by molar-refractivity contribution is 5.28. The normalized spacial score (nSPS) is 13.1. The zero-order valence-corrected chi connectivity index (χ0v) is 13.6. The molecule has 2 rings (SSSR count). The van der Waals surface area contributed by atoms with Crippen molar-refractivity contribution in [2.75, 3.05) is 6.54 Å². The Morgan fingerprint density at radius 2 is 1.76 bits per heavy atom. The molecular weight excluding hydrogens is 256 g/mol. The van der Waals surface area contributed by atoms with Gasteiger partial charge >= 0.3 is 0 Å². The van der Waals surface area contributed by atoms with Crippen LogP contribution in [0.3, 0.4) is 0 Å². The van der Waals surface area contributed by atoms with E-state index < -0.39 is 0 Å². The van der Waals surface area contributed by atoms with Crippen LogP contribution in [0.15, 0.2) is 48.7 Å². The Morgan fingerprint density at radius 3 is 2.29 bits per heavy atom. The number of nitrogens with one attached hydrogen (secondary N) is 1. The van der Waals surface area contributed by atoms with E-state index in [-0.39, 0.29) is 11.5 Å². The van der Waals surface area contributed by atoms with Gasteiger partial charge in [0.15, 0.2) is 0 Å². The second-order valence-electron chi connectivity index (χ2n) is 6.52. The molecule has 2 aromatic rings. The number of nitrogens with zero attached hydrogens (tertiary/aromatic N) is 1. The number of likely N-dealkylation sites (N-methyl/N-ethyl adjacent to an activating group) is 1. The second kappa shape index (κ2) is 6.86. The highest BCUT2D eigenvalue weighted by Gasteiger charge is 2.15. The number of hydrogen-bond acceptors (Lipinski definition) is 2. The van der Waals surface area contributed by atoms with Crippen molar-refractivity contribution in [3.63, 3.8) is 0 Å². The summed E-state index contributed by atoms with van der Waals surface area (Å²) in [5, 5.41) is 3.53. The Kier molecular flexibility index (Phi) is 5.13. The van der Waals surface area contributed by atoms with Crippen LogP contribution in [0.5, 0.6) is 0 Å². The summed E-state index contributed by atoms with van der Waals surface area (Å²) in [4.78, 5) is 4.49. The van der Waals surface area contributed by atoms with Gasteiger partial charge in [-0.05, 0) is 41.6 Å². The molecule has 0 radical (unpaired) electrons. The van der Waals surface area contributed by atoms with Crippen LogP contribution in [0.25, 0.3) is 0 Å². The van der Waals surface area contributed by atoms with Gasteiger partial charge in [0.1, 0.15) is 0 Å². The largest absolute Gasteiger partial charge is 0.309 e. The molecule has 2 heteroatoms. The van der Waals surface area contributed by atoms with Gasteiger partial charge < -0.3 is 5.32 Å². The van der Waals surface area contributed by atoms with E-state index >= 15 is 0 Å². The van der Waals surface area contributed by atoms with Gasteiger partial charge in [0.2, 0.25) is 0 Å². The molecule has 0 bridgehead atoms. The first-order valence-electron chi connectivity index (χ1n) is 7.74. The van der Waals surface area contributed by atoms with Crippen LogP contribution < -0.4 is 5.32 Å². The van der Waals surface area contributed by atoms with Gasteiger partial charge in [0.05, 0.1) is 11.7 Å². The molecule has 21 heavy (non-hydrogen) atoms. The molecular formula is C19H26N2. The molecule has 0 amide bonds. The van der Waals surface area contributed by atoms with E-state index in [4.69, 9.17) is 0 Å². The molecule has 0 saturated heterocycles. The smallest absolute Gasteiger partial charge is 0.0576 e. The van der Waals surface area contributed by atoms with Crippen LogP contribution in [-0.2, 0) is 11.8 Å². The van der Waals surface area contributed by atoms with Crippen molar-refractivity contribution >= 4 is 0 Å². The first-order valence-corrected chi connectivity index (χ1v) is 7.74. The SMILES string of the molecule is CCNC(Cc1ccc(C(C)(C)C)cc1)c1ccccn1. The van der Waals surface area contributed by atoms with Crippen LogP contribution in [0.2, 0.25) is 0 Å². The predicted octanol–water partition coefficient (Wildman–Crippen LogP) is 4.27. The van der Waals surface area contributed by atoms with Gasteiger partial charge in [-0.2, -0.15) is 0 Å². The fraction of sp³-hybridized carbons (Fsp3) is 0.421. The maximum Gasteiger partial charge on any atom is 0.0576 e. The molecule has 0 fully saturated rings. The third-order valence-corrected chi connectivity index (χ3v) is 3.76. The lowest BCUT2D eigenvalue weighted by atomic mass is 9.86. The van der Waals surface area contributed by atoms with Crippen molar-refractivity contribution in [1.82, 2.24) is 10.3 Å². The third-order valence-electron chi connectivity index (χ3n) is 3.76. The minimum absolute atomic E-state index is 0.209. The third kappa shape index (κ3) is 4.40. The summed E-state index contributed by atoms with van der Waals surface area (Å²) in [6.45, 7) is 9.83. The van der Waals surface area contributed by atoms with Gasteiger partial charge in [-0.3, -0.25) is 4.98 Å². The summed E-state index contributed by atoms with van der Waals surface area (Å²) in [7, 11) is 0. The van der Waals surface area contributed by atoms with Crippen molar-refractivity contribution in [2.45, 2.75) is 45.6 Å². The highest BCUT2D eigenvalue weighted by Crippen LogP contribution is 2.23. The van der Waals surface area contributed by atoms with Gasteiger partial charge in [0.25, 0.3) is 0 Å². The summed E-state index contributed by atoms with van der Waals surface area (Å²) in [6, 6.07) is 15.4. The summed E-state index contributed by atoms with van der Waals surface area (Å²) < 4.78 is 0. The number of benzene rings is 1. The molecule has 1 unspecified atom stereocenters. The molecule has 0 aliphatic rings. The van der Waals surface area contributed by atoms with E-state index in [1.54, 1.807) is 0 Å². The zero-order chi connectivity index (χ0) is 15.3. The summed E-state index contributed by atoms with van der Waals surface area (Å²) in [6.07, 6.45) is 2.83. The van der Waals surface area contributed by atoms with Crippen LogP contribution >= 0.6 is 0 Å². The second-order valence-corrected chi connectivity index (χ2v) is 6.52. The van der Waals surface area contributed by atoms with Crippen LogP contribution in [0.4, 0.5) is 0 Å². The molecule has 1 heterocycles. The monoisotopic (exact) mass is 282 g/mol. The molecule has 112 valence electrons. The first-order chi connectivity index (χ1) is 10.0. The lowest BCUT2D eigenvalue weighted by molar-refractivity contribution is 0.536. The lowest BCUT2D eigenvalue weighted by Crippen LogP contribution is -2.23. The minimum Gasteiger partial charge on any atom is -0.309 e. The Bertz CT molecular complexity index is 538. The Hall–Kier alpha value is -1.67. The molecule has 0 spiro atoms. The molecule has 1 aromatic heterocycles. The van der Waals surface area contributed by atoms with Crippen LogP contribution in [-0.4, -0.2) is 11.5 Å². The summed E-state index contributed by atoms with van der Waals surface area (Å²) in [5.74, 6) is 0. The van der Waals surface area contributed by atoms with Gasteiger partial charge in [0, 0.05) is 6.20 Å². The average Bonchev–Trinajstić information content (AvgIpc) is 2.47. The van der Waals surface area contributed by atoms with Gasteiger partial charge in [-0.15, -0.1) is 0 Å². The molecule has 2 nitrogen and oxygen atoms in total. The molecule has 0 saturated carbocycles. The number of aromatic nitrogens is 1. The summed E-state index contributed by atoms with van der Waals surface area (Å²) in [5.41, 5.74) is 4.04. The Balaban J connectivity index is 2.14. The average molecular weight is 282 g/mol. The molecule has 1 atom stereocenters. The predicted molar refractivity (Wildman–Crippen MR) is 89.5 cm³/mol. The van der Waals surface area contributed by atoms with Crippen LogP contribution in [0, 0.1) is 0 Å². The fourth-order valence-electron chi connectivity index (χ4n) is 2.49. The highest BCUT2D eigenvalue weighted by atomic mass is 14.9. The van der Waals surface area contributed by atoms with Crippen molar-refractivity contribution in [3.05, 3.63) is 65.5 Å². The maximum atomic E-state index is 4.49. The summed E-state index contributed by atoms with van der Waals surface area (Å²) >= 11 is 0. The van der Waals surface area contributed by atoms with Gasteiger partial charge in [-0.1, -0.05) is 58.0 Å². The van der Waals surface area contributed by atoms with E-state index in [2.05, 4.69) is 74.4 Å². The van der Waals surface area contributed by atoms with Crippen molar-refractivity contribution in [3.8, 4) is 0 Å². The van der Waals surface area contributed by atoms with E-state index in [0.717, 1.165) is 18.7 Å². The topological polar surface area (TPSA) is 24.9 Å². The quantitative estimate of drug-likeness (QED) is 0.885. The Morgan fingerprint density at radius 1 is 1.05 bits per heavy atom. The van der Waals surface area contributed by atoms with Crippen molar-refractivity contribution < 1.29 is 0 Å². The zero-order valence-electron chi connectivity index (χ0n) is 13.6. The lowest BCUT2D eigenvalue weighted by Gasteiger charge is -2.21. The maximum absolute atomic E-state index is 4.49. The molecule has 0 aliphatic carbocycles. The van der Waals surface area contributed by atoms with E-state index in [9.17, 15) is 0 Å². The standard InChI is InChI=1S/C19H26N2/c1-5-20-18(17-8-6-7-13-21-17)14-15-9-11-16(12-10-15)19(2,3)4/h6-13,18,20H,5,14H2,1-4H3. The fourth-order valence-corrected chi connectivity index (χ4v) is 2.49. The number of rotatable bonds is 5. The molecule has 1 N–H and O–H groups in total. The van der Waals surface area contributed by atoms with Crippen molar-refractivity contribution in [2.24, 2.45) is 0 Å². The molecule has 0 aliphatic heterocycles. The molecule has 1 aromatic carbocycles. The van der Waals surface area contributed by atoms with Crippen LogP contribution in [0.1, 0.15) is 50.6 Å². The Labute approximate surface area is 128 Å². The van der Waals surface area contributed by atoms with Gasteiger partial charge in [-0.25, -0.2) is 0 Å². The van der Waals surface area contributed by atoms with E-state index in [1.807, 2.05) is 12.3 Å². The number of hydrogen-bond donors (Lipinski definition) is 1. The van der Waals surface area contributed by atoms with E-state index in [0.29, 0.717) is 0 Å². The first kappa shape index (κ1) is 15.7. The number of pyridine rings is 1.